The van der Waals surface area contributed by atoms with E-state index in [1.165, 1.54) is 6.20 Å². The van der Waals surface area contributed by atoms with Gasteiger partial charge in [0.25, 0.3) is 11.7 Å². The van der Waals surface area contributed by atoms with Crippen LogP contribution in [0.2, 0.25) is 0 Å². The number of anilines is 2. The zero-order valence-corrected chi connectivity index (χ0v) is 21.0. The minimum atomic E-state index is -0.0685. The number of carbonyl (C=O) groups is 1. The Morgan fingerprint density at radius 3 is 2.62 bits per heavy atom. The Morgan fingerprint density at radius 2 is 1.95 bits per heavy atom. The van der Waals surface area contributed by atoms with E-state index in [0.717, 1.165) is 5.56 Å². The number of imidazole rings is 1. The Balaban J connectivity index is 1.39. The summed E-state index contributed by atoms with van der Waals surface area (Å²) < 4.78 is 13.5. The van der Waals surface area contributed by atoms with E-state index < -0.39 is 0 Å². The van der Waals surface area contributed by atoms with Gasteiger partial charge in [-0.15, -0.1) is 4.98 Å². The zero-order chi connectivity index (χ0) is 26.1. The molecule has 1 fully saturated rings. The molecule has 5 rings (SSSR count). The standard InChI is InChI=1S/C26H26N8O3/c1-15-8-22(27-4)29-11-20(15)37-23-9-19(24-25(32-23)33(5)14-30-24)31-21-7-6-18(10-28-21)26(35)34-12-16(2)36-17(3)13-34/h6-11,14,16-17H,12-13H2,1-3,5H3,(H,28,31,32)/t16-,17+. The predicted octanol–water partition coefficient (Wildman–Crippen LogP) is 4.40. The van der Waals surface area contributed by atoms with Gasteiger partial charge in [-0.25, -0.2) is 9.97 Å². The van der Waals surface area contributed by atoms with Crippen molar-refractivity contribution in [3.8, 4) is 11.6 Å². The van der Waals surface area contributed by atoms with Crippen molar-refractivity contribution in [2.75, 3.05) is 18.4 Å². The minimum Gasteiger partial charge on any atom is -0.435 e. The summed E-state index contributed by atoms with van der Waals surface area (Å²) in [6.45, 7) is 14.0. The molecule has 0 spiro atoms. The molecule has 11 heteroatoms. The number of amides is 1. The van der Waals surface area contributed by atoms with Crippen molar-refractivity contribution < 1.29 is 14.3 Å². The van der Waals surface area contributed by atoms with E-state index in [4.69, 9.17) is 16.0 Å². The van der Waals surface area contributed by atoms with E-state index in [1.807, 2.05) is 27.8 Å². The largest absolute Gasteiger partial charge is 0.435 e. The lowest BCUT2D eigenvalue weighted by Gasteiger charge is -2.35. The van der Waals surface area contributed by atoms with E-state index in [1.54, 1.807) is 46.3 Å². The number of morpholine rings is 1. The van der Waals surface area contributed by atoms with Crippen molar-refractivity contribution in [1.29, 1.82) is 0 Å². The van der Waals surface area contributed by atoms with Gasteiger partial charge in [0.05, 0.1) is 29.8 Å². The topological polar surface area (TPSA) is 112 Å². The third-order valence-corrected chi connectivity index (χ3v) is 6.00. The normalized spacial score (nSPS) is 17.4. The van der Waals surface area contributed by atoms with Gasteiger partial charge < -0.3 is 29.1 Å². The summed E-state index contributed by atoms with van der Waals surface area (Å²) in [5.74, 6) is 1.61. The van der Waals surface area contributed by atoms with Crippen molar-refractivity contribution in [2.24, 2.45) is 7.05 Å². The van der Waals surface area contributed by atoms with E-state index in [9.17, 15) is 4.79 Å². The van der Waals surface area contributed by atoms with Crippen molar-refractivity contribution in [3.05, 3.63) is 65.5 Å². The van der Waals surface area contributed by atoms with Crippen LogP contribution < -0.4 is 10.1 Å². The Hall–Kier alpha value is -4.56. The number of pyridine rings is 3. The van der Waals surface area contributed by atoms with Gasteiger partial charge in [-0.05, 0) is 44.5 Å². The lowest BCUT2D eigenvalue weighted by molar-refractivity contribution is -0.0586. The number of hydrogen-bond donors (Lipinski definition) is 1. The lowest BCUT2D eigenvalue weighted by Crippen LogP contribution is -2.48. The minimum absolute atomic E-state index is 0.00402. The van der Waals surface area contributed by atoms with E-state index in [0.29, 0.717) is 58.8 Å². The monoisotopic (exact) mass is 498 g/mol. The molecule has 1 aliphatic heterocycles. The van der Waals surface area contributed by atoms with Crippen LogP contribution in [0.1, 0.15) is 29.8 Å². The van der Waals surface area contributed by atoms with Crippen molar-refractivity contribution in [2.45, 2.75) is 33.0 Å². The van der Waals surface area contributed by atoms with E-state index in [2.05, 4.69) is 30.1 Å². The van der Waals surface area contributed by atoms with Crippen LogP contribution in [0.3, 0.4) is 0 Å². The first-order chi connectivity index (χ1) is 17.8. The van der Waals surface area contributed by atoms with Crippen molar-refractivity contribution in [3.63, 3.8) is 0 Å². The summed E-state index contributed by atoms with van der Waals surface area (Å²) >= 11 is 0. The molecule has 1 aliphatic rings. The van der Waals surface area contributed by atoms with Crippen LogP contribution in [0.15, 0.2) is 43.0 Å². The van der Waals surface area contributed by atoms with E-state index >= 15 is 0 Å². The molecule has 188 valence electrons. The average Bonchev–Trinajstić information content (AvgIpc) is 3.25. The van der Waals surface area contributed by atoms with Crippen LogP contribution >= 0.6 is 0 Å². The van der Waals surface area contributed by atoms with Crippen LogP contribution in [0.25, 0.3) is 16.0 Å². The first kappa shape index (κ1) is 24.1. The number of nitrogens with one attached hydrogen (secondary N) is 1. The first-order valence-corrected chi connectivity index (χ1v) is 11.8. The smallest absolute Gasteiger partial charge is 0.269 e. The molecule has 4 aromatic rings. The zero-order valence-electron chi connectivity index (χ0n) is 21.0. The summed E-state index contributed by atoms with van der Waals surface area (Å²) in [5.41, 5.74) is 3.19. The van der Waals surface area contributed by atoms with E-state index in [-0.39, 0.29) is 18.1 Å². The number of ether oxygens (including phenoxy) is 2. The highest BCUT2D eigenvalue weighted by Gasteiger charge is 2.26. The maximum atomic E-state index is 13.0. The second kappa shape index (κ2) is 9.83. The average molecular weight is 499 g/mol. The first-order valence-electron chi connectivity index (χ1n) is 11.8. The second-order valence-electron chi connectivity index (χ2n) is 9.08. The maximum absolute atomic E-state index is 13.0. The van der Waals surface area contributed by atoms with Crippen LogP contribution in [0.4, 0.5) is 17.3 Å². The lowest BCUT2D eigenvalue weighted by atomic mass is 10.2. The Labute approximate surface area is 213 Å². The number of carbonyl (C=O) groups excluding carboxylic acids is 1. The highest BCUT2D eigenvalue weighted by Crippen LogP contribution is 2.31. The maximum Gasteiger partial charge on any atom is 0.269 e. The van der Waals surface area contributed by atoms with Gasteiger partial charge in [-0.2, -0.15) is 4.98 Å². The molecule has 0 unspecified atom stereocenters. The van der Waals surface area contributed by atoms with Gasteiger partial charge in [0, 0.05) is 32.4 Å². The molecular weight excluding hydrogens is 472 g/mol. The fourth-order valence-corrected chi connectivity index (χ4v) is 4.29. The number of nitrogens with zero attached hydrogens (tertiary/aromatic N) is 7. The molecule has 11 nitrogen and oxygen atoms in total. The Morgan fingerprint density at radius 1 is 1.16 bits per heavy atom. The predicted molar refractivity (Wildman–Crippen MR) is 137 cm³/mol. The fourth-order valence-electron chi connectivity index (χ4n) is 4.29. The molecule has 0 bridgehead atoms. The third-order valence-electron chi connectivity index (χ3n) is 6.00. The molecule has 1 amide bonds. The number of aromatic nitrogens is 5. The molecule has 1 N–H and O–H groups in total. The van der Waals surface area contributed by atoms with Gasteiger partial charge in [0.1, 0.15) is 11.3 Å². The Kier molecular flexibility index (Phi) is 6.42. The van der Waals surface area contributed by atoms with Gasteiger partial charge >= 0.3 is 0 Å². The Bertz CT molecular complexity index is 1500. The molecule has 0 saturated carbocycles. The molecule has 4 aromatic heterocycles. The number of hydrogen-bond acceptors (Lipinski definition) is 8. The summed E-state index contributed by atoms with van der Waals surface area (Å²) in [7, 11) is 1.85. The second-order valence-corrected chi connectivity index (χ2v) is 9.08. The number of aryl methyl sites for hydroxylation is 2. The van der Waals surface area contributed by atoms with Crippen LogP contribution in [-0.2, 0) is 11.8 Å². The molecular formula is C26H26N8O3. The summed E-state index contributed by atoms with van der Waals surface area (Å²) in [5, 5.41) is 3.27. The molecule has 5 heterocycles. The summed E-state index contributed by atoms with van der Waals surface area (Å²) in [6, 6.07) is 6.90. The third kappa shape index (κ3) is 5.05. The van der Waals surface area contributed by atoms with Gasteiger partial charge in [-0.1, -0.05) is 6.57 Å². The highest BCUT2D eigenvalue weighted by molar-refractivity contribution is 5.94. The molecule has 0 aromatic carbocycles. The quantitative estimate of drug-likeness (QED) is 0.403. The summed E-state index contributed by atoms with van der Waals surface area (Å²) in [4.78, 5) is 35.7. The van der Waals surface area contributed by atoms with Gasteiger partial charge in [-0.3, -0.25) is 4.79 Å². The van der Waals surface area contributed by atoms with Crippen LogP contribution in [0, 0.1) is 13.5 Å². The SMILES string of the molecule is [C-]#[N+]c1cc(C)c(Oc2cc(Nc3ccc(C(=O)N4C[C@@H](C)O[C@@H](C)C4)cn3)c3ncn(C)c3n2)cn1. The molecule has 0 radical (unpaired) electrons. The highest BCUT2D eigenvalue weighted by atomic mass is 16.5. The molecule has 1 saturated heterocycles. The number of fused-ring (bicyclic) bond motifs is 1. The van der Waals surface area contributed by atoms with Crippen molar-refractivity contribution in [1.82, 2.24) is 29.4 Å². The van der Waals surface area contributed by atoms with Crippen LogP contribution in [0.5, 0.6) is 11.6 Å². The number of rotatable bonds is 5. The molecule has 2 atom stereocenters. The van der Waals surface area contributed by atoms with Gasteiger partial charge in [0.15, 0.2) is 17.6 Å². The molecule has 37 heavy (non-hydrogen) atoms. The summed E-state index contributed by atoms with van der Waals surface area (Å²) in [6.07, 6.45) is 4.74. The van der Waals surface area contributed by atoms with Crippen molar-refractivity contribution >= 4 is 34.4 Å². The fraction of sp³-hybridized carbons (Fsp3) is 0.308. The molecule has 0 aliphatic carbocycles. The van der Waals surface area contributed by atoms with Gasteiger partial charge in [0.2, 0.25) is 5.88 Å². The van der Waals surface area contributed by atoms with Crippen LogP contribution in [-0.4, -0.2) is 60.6 Å².